The van der Waals surface area contributed by atoms with E-state index in [2.05, 4.69) is 17.2 Å². The fourth-order valence-corrected chi connectivity index (χ4v) is 2.38. The second-order valence-corrected chi connectivity index (χ2v) is 5.28. The number of carbonyl (C=O) groups is 1. The van der Waals surface area contributed by atoms with Crippen LogP contribution in [0, 0.1) is 11.8 Å². The van der Waals surface area contributed by atoms with E-state index in [1.54, 1.807) is 18.2 Å². The predicted octanol–water partition coefficient (Wildman–Crippen LogP) is 2.58. The summed E-state index contributed by atoms with van der Waals surface area (Å²) in [5, 5.41) is 12.0. The topological polar surface area (TPSA) is 58.6 Å². The van der Waals surface area contributed by atoms with Gasteiger partial charge in [0.2, 0.25) is 5.91 Å². The van der Waals surface area contributed by atoms with Crippen LogP contribution in [0.15, 0.2) is 18.2 Å². The van der Waals surface area contributed by atoms with Gasteiger partial charge in [0, 0.05) is 18.6 Å². The Morgan fingerprint density at radius 3 is 3.10 bits per heavy atom. The third-order valence-corrected chi connectivity index (χ3v) is 3.60. The SMILES string of the molecule is O=C(CCC1CCCO1)Nc1cc(C#CCO)ccc1Cl. The smallest absolute Gasteiger partial charge is 0.224 e. The minimum absolute atomic E-state index is 0.0836. The largest absolute Gasteiger partial charge is 0.384 e. The van der Waals surface area contributed by atoms with Crippen molar-refractivity contribution in [1.82, 2.24) is 0 Å². The van der Waals surface area contributed by atoms with Crippen LogP contribution in [0.25, 0.3) is 0 Å². The normalized spacial score (nSPS) is 17.1. The van der Waals surface area contributed by atoms with E-state index in [0.29, 0.717) is 22.7 Å². The second-order valence-electron chi connectivity index (χ2n) is 4.88. The summed E-state index contributed by atoms with van der Waals surface area (Å²) in [5.74, 6) is 5.26. The van der Waals surface area contributed by atoms with Gasteiger partial charge in [0.1, 0.15) is 6.61 Å². The Labute approximate surface area is 129 Å². The van der Waals surface area contributed by atoms with E-state index >= 15 is 0 Å². The molecule has 1 saturated heterocycles. The van der Waals surface area contributed by atoms with Crippen molar-refractivity contribution in [2.24, 2.45) is 0 Å². The highest BCUT2D eigenvalue weighted by Crippen LogP contribution is 2.23. The van der Waals surface area contributed by atoms with Gasteiger partial charge in [-0.15, -0.1) is 0 Å². The highest BCUT2D eigenvalue weighted by molar-refractivity contribution is 6.33. The van der Waals surface area contributed by atoms with Crippen molar-refractivity contribution in [3.63, 3.8) is 0 Å². The van der Waals surface area contributed by atoms with Crippen LogP contribution in [0.1, 0.15) is 31.2 Å². The zero-order valence-electron chi connectivity index (χ0n) is 11.7. The molecule has 4 nitrogen and oxygen atoms in total. The molecule has 1 aromatic carbocycles. The predicted molar refractivity (Wildman–Crippen MR) is 82.3 cm³/mol. The van der Waals surface area contributed by atoms with Crippen molar-refractivity contribution >= 4 is 23.2 Å². The van der Waals surface area contributed by atoms with E-state index in [0.717, 1.165) is 25.9 Å². The van der Waals surface area contributed by atoms with Gasteiger partial charge < -0.3 is 15.2 Å². The number of hydrogen-bond acceptors (Lipinski definition) is 3. The first kappa shape index (κ1) is 15.8. The van der Waals surface area contributed by atoms with Crippen LogP contribution in [-0.2, 0) is 9.53 Å². The van der Waals surface area contributed by atoms with Gasteiger partial charge in [-0.25, -0.2) is 0 Å². The molecule has 0 radical (unpaired) electrons. The third kappa shape index (κ3) is 5.05. The molecule has 0 bridgehead atoms. The van der Waals surface area contributed by atoms with Crippen LogP contribution in [0.3, 0.4) is 0 Å². The molecule has 1 amide bonds. The van der Waals surface area contributed by atoms with Crippen LogP contribution in [0.4, 0.5) is 5.69 Å². The van der Waals surface area contributed by atoms with E-state index < -0.39 is 0 Å². The molecule has 21 heavy (non-hydrogen) atoms. The van der Waals surface area contributed by atoms with Crippen LogP contribution in [0.2, 0.25) is 5.02 Å². The summed E-state index contributed by atoms with van der Waals surface area (Å²) in [4.78, 5) is 11.9. The third-order valence-electron chi connectivity index (χ3n) is 3.27. The van der Waals surface area contributed by atoms with Crippen molar-refractivity contribution in [3.05, 3.63) is 28.8 Å². The maximum atomic E-state index is 11.9. The first-order valence-electron chi connectivity index (χ1n) is 7.00. The molecular weight excluding hydrogens is 290 g/mol. The Hall–Kier alpha value is -1.54. The Morgan fingerprint density at radius 2 is 2.38 bits per heavy atom. The quantitative estimate of drug-likeness (QED) is 0.841. The molecule has 1 aliphatic rings. The average molecular weight is 308 g/mol. The molecule has 0 aliphatic carbocycles. The molecular formula is C16H18ClNO3. The number of hydrogen-bond donors (Lipinski definition) is 2. The van der Waals surface area contributed by atoms with Crippen LogP contribution in [0.5, 0.6) is 0 Å². The first-order chi connectivity index (χ1) is 10.2. The number of aliphatic hydroxyl groups is 1. The number of amides is 1. The average Bonchev–Trinajstić information content (AvgIpc) is 2.99. The number of ether oxygens (including phenoxy) is 1. The summed E-state index contributed by atoms with van der Waals surface area (Å²) in [5.41, 5.74) is 1.24. The maximum Gasteiger partial charge on any atom is 0.224 e. The number of carbonyl (C=O) groups excluding carboxylic acids is 1. The number of rotatable bonds is 4. The Kier molecular flexibility index (Phi) is 6.06. The lowest BCUT2D eigenvalue weighted by Crippen LogP contribution is -2.15. The summed E-state index contributed by atoms with van der Waals surface area (Å²) < 4.78 is 5.49. The van der Waals surface area contributed by atoms with Crippen molar-refractivity contribution in [3.8, 4) is 11.8 Å². The van der Waals surface area contributed by atoms with Crippen LogP contribution >= 0.6 is 11.6 Å². The van der Waals surface area contributed by atoms with Crippen molar-refractivity contribution < 1.29 is 14.6 Å². The standard InChI is InChI=1S/C16H18ClNO3/c17-14-7-5-12(3-1-9-19)11-15(14)18-16(20)8-6-13-4-2-10-21-13/h5,7,11,13,19H,2,4,6,8-10H2,(H,18,20). The van der Waals surface area contributed by atoms with Crippen molar-refractivity contribution in [2.45, 2.75) is 31.8 Å². The summed E-state index contributed by atoms with van der Waals surface area (Å²) in [6.45, 7) is 0.593. The van der Waals surface area contributed by atoms with Crippen LogP contribution < -0.4 is 5.32 Å². The highest BCUT2D eigenvalue weighted by atomic mass is 35.5. The van der Waals surface area contributed by atoms with E-state index in [1.165, 1.54) is 0 Å². The molecule has 1 aliphatic heterocycles. The summed E-state index contributed by atoms with van der Waals surface area (Å²) in [6.07, 6.45) is 3.44. The molecule has 2 rings (SSSR count). The molecule has 1 fully saturated rings. The van der Waals surface area contributed by atoms with E-state index in [-0.39, 0.29) is 18.6 Å². The van der Waals surface area contributed by atoms with E-state index in [9.17, 15) is 4.79 Å². The number of benzene rings is 1. The monoisotopic (exact) mass is 307 g/mol. The number of halogens is 1. The molecule has 1 aromatic rings. The van der Waals surface area contributed by atoms with Gasteiger partial charge in [0.15, 0.2) is 0 Å². The van der Waals surface area contributed by atoms with Gasteiger partial charge in [-0.2, -0.15) is 0 Å². The lowest BCUT2D eigenvalue weighted by molar-refractivity contribution is -0.116. The molecule has 1 atom stereocenters. The molecule has 0 aromatic heterocycles. The van der Waals surface area contributed by atoms with E-state index in [1.807, 2.05) is 0 Å². The summed E-state index contributed by atoms with van der Waals surface area (Å²) in [6, 6.07) is 5.13. The molecule has 5 heteroatoms. The molecule has 112 valence electrons. The van der Waals surface area contributed by atoms with Gasteiger partial charge in [-0.05, 0) is 37.5 Å². The van der Waals surface area contributed by atoms with Gasteiger partial charge in [0.05, 0.1) is 16.8 Å². The Balaban J connectivity index is 1.92. The fourth-order valence-electron chi connectivity index (χ4n) is 2.22. The first-order valence-corrected chi connectivity index (χ1v) is 7.37. The van der Waals surface area contributed by atoms with Crippen molar-refractivity contribution in [2.75, 3.05) is 18.5 Å². The molecule has 0 spiro atoms. The van der Waals surface area contributed by atoms with Crippen molar-refractivity contribution in [1.29, 1.82) is 0 Å². The number of nitrogens with one attached hydrogen (secondary N) is 1. The number of anilines is 1. The summed E-state index contributed by atoms with van der Waals surface area (Å²) in [7, 11) is 0. The lowest BCUT2D eigenvalue weighted by atomic mass is 10.1. The van der Waals surface area contributed by atoms with E-state index in [4.69, 9.17) is 21.4 Å². The second kappa shape index (κ2) is 8.04. The molecule has 1 unspecified atom stereocenters. The van der Waals surface area contributed by atoms with Gasteiger partial charge in [0.25, 0.3) is 0 Å². The maximum absolute atomic E-state index is 11.9. The lowest BCUT2D eigenvalue weighted by Gasteiger charge is -2.10. The summed E-state index contributed by atoms with van der Waals surface area (Å²) >= 11 is 6.06. The number of aliphatic hydroxyl groups excluding tert-OH is 1. The minimum Gasteiger partial charge on any atom is -0.384 e. The Bertz CT molecular complexity index is 556. The minimum atomic E-state index is -0.203. The zero-order valence-corrected chi connectivity index (χ0v) is 12.4. The molecule has 0 saturated carbocycles. The zero-order chi connectivity index (χ0) is 15.1. The van der Waals surface area contributed by atoms with Gasteiger partial charge >= 0.3 is 0 Å². The highest BCUT2D eigenvalue weighted by Gasteiger charge is 2.17. The molecule has 2 N–H and O–H groups in total. The Morgan fingerprint density at radius 1 is 1.52 bits per heavy atom. The fraction of sp³-hybridized carbons (Fsp3) is 0.438. The van der Waals surface area contributed by atoms with Gasteiger partial charge in [-0.1, -0.05) is 23.4 Å². The molecule has 1 heterocycles. The van der Waals surface area contributed by atoms with Crippen LogP contribution in [-0.4, -0.2) is 30.3 Å². The van der Waals surface area contributed by atoms with Gasteiger partial charge in [-0.3, -0.25) is 4.79 Å².